The molecule has 1 aliphatic rings. The summed E-state index contributed by atoms with van der Waals surface area (Å²) >= 11 is 0. The first-order valence-corrected chi connectivity index (χ1v) is 12.1. The fourth-order valence-corrected chi connectivity index (χ4v) is 4.07. The molecule has 2 N–H and O–H groups in total. The van der Waals surface area contributed by atoms with E-state index in [0.717, 1.165) is 38.5 Å². The number of unbranched alkanes of at least 4 members (excludes halogenated alkanes) is 3. The normalized spacial score (nSPS) is 25.3. The molecule has 0 bridgehead atoms. The highest BCUT2D eigenvalue weighted by Gasteiger charge is 2.60. The Bertz CT molecular complexity index is 853. The van der Waals surface area contributed by atoms with Crippen molar-refractivity contribution in [3.63, 3.8) is 0 Å². The summed E-state index contributed by atoms with van der Waals surface area (Å²) in [6.45, 7) is 7.25. The molecule has 1 saturated heterocycles. The summed E-state index contributed by atoms with van der Waals surface area (Å²) in [4.78, 5) is 12.7. The van der Waals surface area contributed by atoms with Crippen molar-refractivity contribution in [1.29, 1.82) is 0 Å². The van der Waals surface area contributed by atoms with Crippen LogP contribution in [0.3, 0.4) is 0 Å². The molecule has 9 nitrogen and oxygen atoms in total. The number of ether oxygens (including phenoxy) is 4. The lowest BCUT2D eigenvalue weighted by molar-refractivity contribution is -0.171. The van der Waals surface area contributed by atoms with E-state index in [1.54, 1.807) is 10.9 Å². The van der Waals surface area contributed by atoms with E-state index in [0.29, 0.717) is 31.0 Å². The molecule has 0 saturated carbocycles. The van der Waals surface area contributed by atoms with Gasteiger partial charge < -0.3 is 24.7 Å². The van der Waals surface area contributed by atoms with Gasteiger partial charge in [0.1, 0.15) is 30.7 Å². The number of imidazole rings is 1. The van der Waals surface area contributed by atoms with E-state index in [1.807, 2.05) is 0 Å². The highest BCUT2D eigenvalue weighted by Crippen LogP contribution is 2.45. The van der Waals surface area contributed by atoms with Crippen molar-refractivity contribution < 1.29 is 23.3 Å². The molecule has 3 rings (SSSR count). The Morgan fingerprint density at radius 2 is 1.79 bits per heavy atom. The van der Waals surface area contributed by atoms with E-state index in [4.69, 9.17) is 24.7 Å². The second-order valence-electron chi connectivity index (χ2n) is 8.47. The summed E-state index contributed by atoms with van der Waals surface area (Å²) in [6, 6.07) is 0. The summed E-state index contributed by atoms with van der Waals surface area (Å²) in [7, 11) is 0. The molecule has 0 unspecified atom stereocenters. The molecule has 1 fully saturated rings. The van der Waals surface area contributed by atoms with Gasteiger partial charge in [-0.2, -0.15) is 0 Å². The van der Waals surface area contributed by atoms with E-state index in [2.05, 4.69) is 35.7 Å². The van der Waals surface area contributed by atoms with Crippen molar-refractivity contribution in [2.45, 2.75) is 83.3 Å². The first kappa shape index (κ1) is 25.7. The SMILES string of the molecule is CCCCOC[C@H]1O[C@@H](n2cnc3c(N)ncnc32)[C@](CF)(OCCCC)[C@@H]1OCCCC. The van der Waals surface area contributed by atoms with Crippen molar-refractivity contribution in [3.8, 4) is 0 Å². The molecule has 0 amide bonds. The van der Waals surface area contributed by atoms with Gasteiger partial charge >= 0.3 is 0 Å². The van der Waals surface area contributed by atoms with Crippen molar-refractivity contribution in [1.82, 2.24) is 19.5 Å². The van der Waals surface area contributed by atoms with Gasteiger partial charge in [-0.3, -0.25) is 4.57 Å². The monoisotopic (exact) mass is 467 g/mol. The number of fused-ring (bicyclic) bond motifs is 1. The number of anilines is 1. The molecule has 1 aliphatic heterocycles. The van der Waals surface area contributed by atoms with Crippen LogP contribution in [0.2, 0.25) is 0 Å². The molecule has 0 spiro atoms. The van der Waals surface area contributed by atoms with Gasteiger partial charge in [0.2, 0.25) is 0 Å². The highest BCUT2D eigenvalue weighted by atomic mass is 19.1. The van der Waals surface area contributed by atoms with Crippen LogP contribution < -0.4 is 5.73 Å². The maximum Gasteiger partial charge on any atom is 0.171 e. The summed E-state index contributed by atoms with van der Waals surface area (Å²) in [6.07, 6.45) is 6.46. The van der Waals surface area contributed by atoms with E-state index in [-0.39, 0.29) is 12.4 Å². The molecule has 2 aromatic heterocycles. The molecule has 0 radical (unpaired) electrons. The lowest BCUT2D eigenvalue weighted by Crippen LogP contribution is -2.53. The van der Waals surface area contributed by atoms with Gasteiger partial charge in [0.05, 0.1) is 12.9 Å². The number of aromatic nitrogens is 4. The minimum Gasteiger partial charge on any atom is -0.382 e. The molecule has 33 heavy (non-hydrogen) atoms. The van der Waals surface area contributed by atoms with Crippen molar-refractivity contribution in [2.24, 2.45) is 0 Å². The second kappa shape index (κ2) is 12.5. The fraction of sp³-hybridized carbons (Fsp3) is 0.783. The van der Waals surface area contributed by atoms with E-state index >= 15 is 4.39 Å². The molecule has 10 heteroatoms. The van der Waals surface area contributed by atoms with Gasteiger partial charge in [-0.1, -0.05) is 40.0 Å². The van der Waals surface area contributed by atoms with Crippen LogP contribution in [0, 0.1) is 0 Å². The highest BCUT2D eigenvalue weighted by molar-refractivity contribution is 5.81. The van der Waals surface area contributed by atoms with E-state index < -0.39 is 30.7 Å². The van der Waals surface area contributed by atoms with Crippen LogP contribution in [0.1, 0.15) is 65.5 Å². The Morgan fingerprint density at radius 3 is 2.52 bits per heavy atom. The van der Waals surface area contributed by atoms with Crippen LogP contribution in [0.15, 0.2) is 12.7 Å². The molecular weight excluding hydrogens is 429 g/mol. The number of nitrogens with two attached hydrogens (primary N) is 1. The van der Waals surface area contributed by atoms with Gasteiger partial charge in [0.25, 0.3) is 0 Å². The minimum atomic E-state index is -1.37. The number of halogens is 1. The first-order valence-electron chi connectivity index (χ1n) is 12.1. The number of hydrogen-bond acceptors (Lipinski definition) is 8. The average molecular weight is 468 g/mol. The van der Waals surface area contributed by atoms with Crippen LogP contribution in [0.4, 0.5) is 10.2 Å². The summed E-state index contributed by atoms with van der Waals surface area (Å²) in [5.74, 6) is 0.254. The third-order valence-electron chi connectivity index (χ3n) is 5.98. The molecule has 4 atom stereocenters. The molecule has 0 aliphatic carbocycles. The second-order valence-corrected chi connectivity index (χ2v) is 8.47. The smallest absolute Gasteiger partial charge is 0.171 e. The quantitative estimate of drug-likeness (QED) is 0.394. The Labute approximate surface area is 195 Å². The molecule has 0 aromatic carbocycles. The van der Waals surface area contributed by atoms with Crippen molar-refractivity contribution >= 4 is 17.0 Å². The molecular formula is C23H38FN5O4. The third kappa shape index (κ3) is 5.62. The van der Waals surface area contributed by atoms with E-state index in [1.165, 1.54) is 6.33 Å². The number of hydrogen-bond donors (Lipinski definition) is 1. The van der Waals surface area contributed by atoms with Crippen LogP contribution in [0.25, 0.3) is 11.2 Å². The fourth-order valence-electron chi connectivity index (χ4n) is 4.07. The summed E-state index contributed by atoms with van der Waals surface area (Å²) < 4.78 is 41.6. The Kier molecular flexibility index (Phi) is 9.78. The lowest BCUT2D eigenvalue weighted by Gasteiger charge is -2.36. The maximum absolute atomic E-state index is 15.1. The van der Waals surface area contributed by atoms with Crippen LogP contribution in [-0.4, -0.2) is 70.4 Å². The zero-order valence-corrected chi connectivity index (χ0v) is 20.0. The van der Waals surface area contributed by atoms with E-state index in [9.17, 15) is 0 Å². The van der Waals surface area contributed by atoms with Crippen LogP contribution >= 0.6 is 0 Å². The number of nitrogen functional groups attached to an aromatic ring is 1. The Balaban J connectivity index is 1.98. The van der Waals surface area contributed by atoms with Crippen LogP contribution in [0.5, 0.6) is 0 Å². The van der Waals surface area contributed by atoms with Crippen LogP contribution in [-0.2, 0) is 18.9 Å². The standard InChI is InChI=1S/C23H38FN5O4/c1-4-7-10-30-13-17-19(31-11-8-5-2)23(14-24,32-12-9-6-3)22(33-17)29-16-28-18-20(25)26-15-27-21(18)29/h15-17,19,22H,4-14H2,1-3H3,(H2,25,26,27)/t17-,19-,22-,23-/m1/s1. The molecule has 2 aromatic rings. The zero-order chi connectivity index (χ0) is 23.7. The summed E-state index contributed by atoms with van der Waals surface area (Å²) in [5, 5.41) is 0. The predicted octanol–water partition coefficient (Wildman–Crippen LogP) is 3.83. The van der Waals surface area contributed by atoms with Gasteiger partial charge in [-0.25, -0.2) is 19.3 Å². The average Bonchev–Trinajstić information content (AvgIpc) is 3.38. The number of rotatable bonds is 15. The third-order valence-corrected chi connectivity index (χ3v) is 5.98. The number of nitrogens with zero attached hydrogens (tertiary/aromatic N) is 4. The number of alkyl halides is 1. The van der Waals surface area contributed by atoms with Gasteiger partial charge in [-0.05, 0) is 19.3 Å². The lowest BCUT2D eigenvalue weighted by atomic mass is 9.94. The zero-order valence-electron chi connectivity index (χ0n) is 20.0. The first-order chi connectivity index (χ1) is 16.1. The minimum absolute atomic E-state index is 0.254. The Hall–Kier alpha value is -1.88. The molecule has 186 valence electrons. The van der Waals surface area contributed by atoms with Gasteiger partial charge in [-0.15, -0.1) is 0 Å². The summed E-state index contributed by atoms with van der Waals surface area (Å²) in [5.41, 5.74) is 5.51. The molecule has 3 heterocycles. The van der Waals surface area contributed by atoms with Crippen molar-refractivity contribution in [3.05, 3.63) is 12.7 Å². The largest absolute Gasteiger partial charge is 0.382 e. The van der Waals surface area contributed by atoms with Gasteiger partial charge in [0, 0.05) is 19.8 Å². The predicted molar refractivity (Wildman–Crippen MR) is 124 cm³/mol. The maximum atomic E-state index is 15.1. The Morgan fingerprint density at radius 1 is 1.06 bits per heavy atom. The van der Waals surface area contributed by atoms with Gasteiger partial charge in [0.15, 0.2) is 23.3 Å². The topological polar surface area (TPSA) is 107 Å². The van der Waals surface area contributed by atoms with Crippen molar-refractivity contribution in [2.75, 3.05) is 38.8 Å².